The number of aliphatic hydroxyl groups excluding tert-OH is 1. The standard InChI is InChI=1S/C21H23Cl2N3O2/c1-14(27)6-9-21(28)24-11-10-20-25-18-4-2-3-5-19(18)26(20)13-15-7-8-16(22)12-17(15)23/h2-5,7-8,12,14,27H,6,9-11,13H2,1H3,(H,24,28)/t14-/m0/s1. The quantitative estimate of drug-likeness (QED) is 0.574. The van der Waals surface area contributed by atoms with Crippen LogP contribution in [0.15, 0.2) is 42.5 Å². The van der Waals surface area contributed by atoms with E-state index in [-0.39, 0.29) is 5.91 Å². The van der Waals surface area contributed by atoms with Gasteiger partial charge in [-0.05, 0) is 43.2 Å². The molecule has 148 valence electrons. The number of halogens is 2. The second kappa shape index (κ2) is 9.41. The molecule has 1 amide bonds. The Morgan fingerprint density at radius 1 is 1.25 bits per heavy atom. The Bertz CT molecular complexity index is 969. The maximum absolute atomic E-state index is 11.9. The zero-order valence-electron chi connectivity index (χ0n) is 15.7. The summed E-state index contributed by atoms with van der Waals surface area (Å²) in [4.78, 5) is 16.6. The van der Waals surface area contributed by atoms with Crippen LogP contribution in [0.5, 0.6) is 0 Å². The lowest BCUT2D eigenvalue weighted by Gasteiger charge is -2.12. The van der Waals surface area contributed by atoms with E-state index >= 15 is 0 Å². The summed E-state index contributed by atoms with van der Waals surface area (Å²) in [5.74, 6) is 0.812. The number of rotatable bonds is 8. The predicted octanol–water partition coefficient (Wildman–Crippen LogP) is 4.21. The van der Waals surface area contributed by atoms with Crippen molar-refractivity contribution in [3.05, 3.63) is 63.9 Å². The molecule has 1 atom stereocenters. The van der Waals surface area contributed by atoms with Gasteiger partial charge in [-0.2, -0.15) is 0 Å². The third-order valence-electron chi connectivity index (χ3n) is 4.54. The summed E-state index contributed by atoms with van der Waals surface area (Å²) in [5, 5.41) is 13.4. The highest BCUT2D eigenvalue weighted by Crippen LogP contribution is 2.24. The second-order valence-corrected chi connectivity index (χ2v) is 7.67. The van der Waals surface area contributed by atoms with Crippen LogP contribution in [0.4, 0.5) is 0 Å². The highest BCUT2D eigenvalue weighted by Gasteiger charge is 2.13. The van der Waals surface area contributed by atoms with Crippen LogP contribution in [0.1, 0.15) is 31.2 Å². The molecule has 0 radical (unpaired) electrons. The molecule has 2 N–H and O–H groups in total. The summed E-state index contributed by atoms with van der Waals surface area (Å²) in [7, 11) is 0. The monoisotopic (exact) mass is 419 g/mol. The summed E-state index contributed by atoms with van der Waals surface area (Å²) < 4.78 is 2.12. The normalized spacial score (nSPS) is 12.3. The van der Waals surface area contributed by atoms with Crippen LogP contribution in [-0.2, 0) is 17.8 Å². The van der Waals surface area contributed by atoms with E-state index in [1.165, 1.54) is 0 Å². The average molecular weight is 420 g/mol. The van der Waals surface area contributed by atoms with Crippen molar-refractivity contribution in [3.8, 4) is 0 Å². The van der Waals surface area contributed by atoms with Gasteiger partial charge in [0.1, 0.15) is 5.82 Å². The fourth-order valence-electron chi connectivity index (χ4n) is 3.06. The van der Waals surface area contributed by atoms with Crippen molar-refractivity contribution < 1.29 is 9.90 Å². The first kappa shape index (κ1) is 20.6. The van der Waals surface area contributed by atoms with Crippen molar-refractivity contribution in [2.45, 2.75) is 38.8 Å². The zero-order valence-corrected chi connectivity index (χ0v) is 17.2. The van der Waals surface area contributed by atoms with E-state index in [4.69, 9.17) is 28.2 Å². The number of imidazole rings is 1. The summed E-state index contributed by atoms with van der Waals surface area (Å²) in [6, 6.07) is 13.4. The van der Waals surface area contributed by atoms with Crippen LogP contribution < -0.4 is 5.32 Å². The minimum atomic E-state index is -0.473. The number of fused-ring (bicyclic) bond motifs is 1. The van der Waals surface area contributed by atoms with Gasteiger partial charge in [-0.1, -0.05) is 41.4 Å². The van der Waals surface area contributed by atoms with Crippen LogP contribution in [0, 0.1) is 0 Å². The number of amides is 1. The lowest BCUT2D eigenvalue weighted by molar-refractivity contribution is -0.121. The highest BCUT2D eigenvalue weighted by atomic mass is 35.5. The number of carbonyl (C=O) groups excluding carboxylic acids is 1. The van der Waals surface area contributed by atoms with E-state index in [9.17, 15) is 9.90 Å². The van der Waals surface area contributed by atoms with Gasteiger partial charge in [0.2, 0.25) is 5.91 Å². The van der Waals surface area contributed by atoms with E-state index in [1.54, 1.807) is 13.0 Å². The zero-order chi connectivity index (χ0) is 20.1. The smallest absolute Gasteiger partial charge is 0.220 e. The largest absolute Gasteiger partial charge is 0.393 e. The summed E-state index contributed by atoms with van der Waals surface area (Å²) in [6.07, 6.45) is 0.896. The molecule has 3 aromatic rings. The van der Waals surface area contributed by atoms with Crippen molar-refractivity contribution in [2.24, 2.45) is 0 Å². The molecule has 0 spiro atoms. The molecule has 1 heterocycles. The number of hydrogen-bond acceptors (Lipinski definition) is 3. The van der Waals surface area contributed by atoms with Gasteiger partial charge in [0.25, 0.3) is 0 Å². The lowest BCUT2D eigenvalue weighted by Crippen LogP contribution is -2.27. The third kappa shape index (κ3) is 5.25. The van der Waals surface area contributed by atoms with Gasteiger partial charge in [0, 0.05) is 29.4 Å². The maximum Gasteiger partial charge on any atom is 0.220 e. The number of nitrogens with one attached hydrogen (secondary N) is 1. The SMILES string of the molecule is C[C@H](O)CCC(=O)NCCc1nc2ccccc2n1Cc1ccc(Cl)cc1Cl. The van der Waals surface area contributed by atoms with Crippen LogP contribution in [-0.4, -0.2) is 33.2 Å². The summed E-state index contributed by atoms with van der Waals surface area (Å²) >= 11 is 12.4. The molecule has 0 fully saturated rings. The minimum absolute atomic E-state index is 0.0655. The Kier molecular flexibility index (Phi) is 6.94. The van der Waals surface area contributed by atoms with Crippen LogP contribution in [0.3, 0.4) is 0 Å². The van der Waals surface area contributed by atoms with E-state index in [1.807, 2.05) is 36.4 Å². The highest BCUT2D eigenvalue weighted by molar-refractivity contribution is 6.35. The molecule has 0 aliphatic rings. The molecule has 0 saturated heterocycles. The van der Waals surface area contributed by atoms with Gasteiger partial charge < -0.3 is 15.0 Å². The fraction of sp³-hybridized carbons (Fsp3) is 0.333. The molecule has 1 aromatic heterocycles. The molecule has 2 aromatic carbocycles. The molecular formula is C21H23Cl2N3O2. The number of aliphatic hydroxyl groups is 1. The fourth-order valence-corrected chi connectivity index (χ4v) is 3.52. The Morgan fingerprint density at radius 2 is 2.04 bits per heavy atom. The van der Waals surface area contributed by atoms with Crippen molar-refractivity contribution in [3.63, 3.8) is 0 Å². The molecule has 0 aliphatic heterocycles. The van der Waals surface area contributed by atoms with Gasteiger partial charge in [0.15, 0.2) is 0 Å². The molecule has 28 heavy (non-hydrogen) atoms. The number of hydrogen-bond donors (Lipinski definition) is 2. The van der Waals surface area contributed by atoms with Gasteiger partial charge >= 0.3 is 0 Å². The number of para-hydroxylation sites is 2. The number of benzene rings is 2. The molecule has 0 saturated carbocycles. The van der Waals surface area contributed by atoms with E-state index in [0.29, 0.717) is 42.4 Å². The molecule has 0 bridgehead atoms. The molecule has 7 heteroatoms. The number of nitrogens with zero attached hydrogens (tertiary/aromatic N) is 2. The molecule has 5 nitrogen and oxygen atoms in total. The van der Waals surface area contributed by atoms with Crippen LogP contribution >= 0.6 is 23.2 Å². The molecule has 3 rings (SSSR count). The van der Waals surface area contributed by atoms with Crippen LogP contribution in [0.25, 0.3) is 11.0 Å². The second-order valence-electron chi connectivity index (χ2n) is 6.83. The molecule has 0 unspecified atom stereocenters. The van der Waals surface area contributed by atoms with Crippen LogP contribution in [0.2, 0.25) is 10.0 Å². The topological polar surface area (TPSA) is 67.2 Å². The Hall–Kier alpha value is -2.08. The third-order valence-corrected chi connectivity index (χ3v) is 5.12. The first-order valence-electron chi connectivity index (χ1n) is 9.27. The van der Waals surface area contributed by atoms with Gasteiger partial charge in [-0.15, -0.1) is 0 Å². The minimum Gasteiger partial charge on any atom is -0.393 e. The number of carbonyl (C=O) groups is 1. The van der Waals surface area contributed by atoms with Gasteiger partial charge in [0.05, 0.1) is 23.7 Å². The number of aromatic nitrogens is 2. The first-order valence-corrected chi connectivity index (χ1v) is 10.0. The lowest BCUT2D eigenvalue weighted by atomic mass is 10.2. The van der Waals surface area contributed by atoms with Gasteiger partial charge in [-0.3, -0.25) is 4.79 Å². The molecule has 0 aliphatic carbocycles. The van der Waals surface area contributed by atoms with Crippen molar-refractivity contribution in [1.29, 1.82) is 0 Å². The van der Waals surface area contributed by atoms with Crippen molar-refractivity contribution in [1.82, 2.24) is 14.9 Å². The maximum atomic E-state index is 11.9. The summed E-state index contributed by atoms with van der Waals surface area (Å²) in [5.41, 5.74) is 2.88. The Labute approximate surface area is 174 Å². The van der Waals surface area contributed by atoms with E-state index < -0.39 is 6.10 Å². The van der Waals surface area contributed by atoms with Crippen molar-refractivity contribution >= 4 is 40.1 Å². The van der Waals surface area contributed by atoms with E-state index in [0.717, 1.165) is 22.4 Å². The van der Waals surface area contributed by atoms with Crippen molar-refractivity contribution in [2.75, 3.05) is 6.54 Å². The predicted molar refractivity (Wildman–Crippen MR) is 113 cm³/mol. The Balaban J connectivity index is 1.76. The molecular weight excluding hydrogens is 397 g/mol. The summed E-state index contributed by atoms with van der Waals surface area (Å²) in [6.45, 7) is 2.73. The average Bonchev–Trinajstić information content (AvgIpc) is 3.00. The van der Waals surface area contributed by atoms with Gasteiger partial charge in [-0.25, -0.2) is 4.98 Å². The Morgan fingerprint density at radius 3 is 2.79 bits per heavy atom. The first-order chi connectivity index (χ1) is 13.4. The van der Waals surface area contributed by atoms with E-state index in [2.05, 4.69) is 9.88 Å².